The van der Waals surface area contributed by atoms with Crippen LogP contribution in [0.5, 0.6) is 11.5 Å². The number of nitrogens with one attached hydrogen (secondary N) is 1. The molecule has 3 aromatic rings. The second-order valence-electron chi connectivity index (χ2n) is 6.87. The molecule has 0 aromatic heterocycles. The molecule has 0 saturated heterocycles. The standard InChI is InChI=1S/C23H22ClIN2O4/c1-3-30-22-11-17(13-26-18-7-4-15(2)20(24)12-18)10-21(25)23(22)31-14-16-5-8-19(9-6-16)27(28)29/h4-12,26H,3,13-14H2,1-2H3. The molecule has 0 atom stereocenters. The summed E-state index contributed by atoms with van der Waals surface area (Å²) in [5, 5.41) is 14.9. The Morgan fingerprint density at radius 1 is 1.06 bits per heavy atom. The van der Waals surface area contributed by atoms with Crippen molar-refractivity contribution in [1.82, 2.24) is 0 Å². The molecule has 3 rings (SSSR count). The van der Waals surface area contributed by atoms with Crippen LogP contribution < -0.4 is 14.8 Å². The Labute approximate surface area is 199 Å². The number of nitro groups is 1. The molecule has 0 aliphatic carbocycles. The lowest BCUT2D eigenvalue weighted by molar-refractivity contribution is -0.384. The van der Waals surface area contributed by atoms with Crippen molar-refractivity contribution in [1.29, 1.82) is 0 Å². The van der Waals surface area contributed by atoms with Crippen molar-refractivity contribution >= 4 is 45.6 Å². The van der Waals surface area contributed by atoms with Crippen LogP contribution in [-0.4, -0.2) is 11.5 Å². The number of anilines is 1. The van der Waals surface area contributed by atoms with E-state index in [1.54, 1.807) is 12.1 Å². The molecule has 0 aliphatic heterocycles. The molecule has 6 nitrogen and oxygen atoms in total. The van der Waals surface area contributed by atoms with E-state index in [-0.39, 0.29) is 12.3 Å². The summed E-state index contributed by atoms with van der Waals surface area (Å²) in [6.07, 6.45) is 0. The Morgan fingerprint density at radius 3 is 2.45 bits per heavy atom. The van der Waals surface area contributed by atoms with Crippen LogP contribution in [0.2, 0.25) is 5.02 Å². The van der Waals surface area contributed by atoms with Crippen LogP contribution in [0.15, 0.2) is 54.6 Å². The van der Waals surface area contributed by atoms with Gasteiger partial charge in [-0.25, -0.2) is 0 Å². The maximum Gasteiger partial charge on any atom is 0.269 e. The highest BCUT2D eigenvalue weighted by molar-refractivity contribution is 14.1. The minimum atomic E-state index is -0.419. The van der Waals surface area contributed by atoms with Crippen molar-refractivity contribution in [2.45, 2.75) is 27.0 Å². The topological polar surface area (TPSA) is 73.6 Å². The van der Waals surface area contributed by atoms with Crippen molar-refractivity contribution in [2.75, 3.05) is 11.9 Å². The Bertz CT molecular complexity index is 1070. The Balaban J connectivity index is 1.73. The van der Waals surface area contributed by atoms with Gasteiger partial charge < -0.3 is 14.8 Å². The summed E-state index contributed by atoms with van der Waals surface area (Å²) in [5.41, 5.74) is 3.93. The van der Waals surface area contributed by atoms with E-state index in [9.17, 15) is 10.1 Å². The minimum Gasteiger partial charge on any atom is -0.490 e. The normalized spacial score (nSPS) is 10.6. The second-order valence-corrected chi connectivity index (χ2v) is 8.44. The van der Waals surface area contributed by atoms with Gasteiger partial charge in [0.15, 0.2) is 11.5 Å². The Kier molecular flexibility index (Phi) is 7.97. The molecular weight excluding hydrogens is 531 g/mol. The maximum atomic E-state index is 10.8. The Morgan fingerprint density at radius 2 is 1.81 bits per heavy atom. The van der Waals surface area contributed by atoms with Gasteiger partial charge in [0, 0.05) is 29.4 Å². The first-order valence-corrected chi connectivity index (χ1v) is 11.1. The molecule has 8 heteroatoms. The lowest BCUT2D eigenvalue weighted by atomic mass is 10.1. The SMILES string of the molecule is CCOc1cc(CNc2ccc(C)c(Cl)c2)cc(I)c1OCc1ccc([N+](=O)[O-])cc1. The van der Waals surface area contributed by atoms with Gasteiger partial charge in [0.2, 0.25) is 0 Å². The summed E-state index contributed by atoms with van der Waals surface area (Å²) in [7, 11) is 0. The van der Waals surface area contributed by atoms with E-state index in [1.807, 2.05) is 44.2 Å². The highest BCUT2D eigenvalue weighted by Gasteiger charge is 2.13. The molecule has 0 bridgehead atoms. The van der Waals surface area contributed by atoms with E-state index < -0.39 is 4.92 Å². The summed E-state index contributed by atoms with van der Waals surface area (Å²) in [6.45, 7) is 5.30. The predicted octanol–water partition coefficient (Wildman–Crippen LogP) is 6.75. The number of non-ortho nitro benzene ring substituents is 1. The van der Waals surface area contributed by atoms with Gasteiger partial charge in [-0.05, 0) is 89.5 Å². The van der Waals surface area contributed by atoms with Gasteiger partial charge in [-0.1, -0.05) is 17.7 Å². The molecule has 0 amide bonds. The van der Waals surface area contributed by atoms with E-state index in [0.29, 0.717) is 24.7 Å². The van der Waals surface area contributed by atoms with Crippen LogP contribution in [0.4, 0.5) is 11.4 Å². The molecule has 0 aliphatic rings. The third-order valence-electron chi connectivity index (χ3n) is 4.57. The number of benzene rings is 3. The largest absolute Gasteiger partial charge is 0.490 e. The van der Waals surface area contributed by atoms with E-state index in [0.717, 1.165) is 31.0 Å². The zero-order valence-corrected chi connectivity index (χ0v) is 20.1. The number of nitrogens with zero attached hydrogens (tertiary/aromatic N) is 1. The number of ether oxygens (including phenoxy) is 2. The summed E-state index contributed by atoms with van der Waals surface area (Å²) in [6, 6.07) is 16.2. The minimum absolute atomic E-state index is 0.0556. The van der Waals surface area contributed by atoms with E-state index in [2.05, 4.69) is 27.9 Å². The van der Waals surface area contributed by atoms with Crippen molar-refractivity contribution in [2.24, 2.45) is 0 Å². The molecule has 0 heterocycles. The molecule has 0 fully saturated rings. The monoisotopic (exact) mass is 552 g/mol. The van der Waals surface area contributed by atoms with Crippen molar-refractivity contribution in [3.63, 3.8) is 0 Å². The number of hydrogen-bond acceptors (Lipinski definition) is 5. The summed E-state index contributed by atoms with van der Waals surface area (Å²) >= 11 is 8.44. The summed E-state index contributed by atoms with van der Waals surface area (Å²) in [5.74, 6) is 1.32. The number of nitro benzene ring substituents is 1. The van der Waals surface area contributed by atoms with Crippen LogP contribution in [-0.2, 0) is 13.2 Å². The third-order valence-corrected chi connectivity index (χ3v) is 5.78. The van der Waals surface area contributed by atoms with Gasteiger partial charge in [-0.15, -0.1) is 0 Å². The summed E-state index contributed by atoms with van der Waals surface area (Å²) in [4.78, 5) is 10.4. The molecule has 31 heavy (non-hydrogen) atoms. The molecule has 3 aromatic carbocycles. The molecule has 0 unspecified atom stereocenters. The second kappa shape index (κ2) is 10.7. The van der Waals surface area contributed by atoms with Crippen LogP contribution >= 0.6 is 34.2 Å². The highest BCUT2D eigenvalue weighted by atomic mass is 127. The molecule has 162 valence electrons. The first kappa shape index (κ1) is 23.1. The first-order valence-electron chi connectivity index (χ1n) is 9.68. The predicted molar refractivity (Wildman–Crippen MR) is 131 cm³/mol. The van der Waals surface area contributed by atoms with Gasteiger partial charge in [0.25, 0.3) is 5.69 Å². The van der Waals surface area contributed by atoms with Gasteiger partial charge in [-0.2, -0.15) is 0 Å². The van der Waals surface area contributed by atoms with Crippen molar-refractivity contribution in [3.8, 4) is 11.5 Å². The van der Waals surface area contributed by atoms with Gasteiger partial charge in [0.1, 0.15) is 6.61 Å². The van der Waals surface area contributed by atoms with E-state index in [4.69, 9.17) is 21.1 Å². The highest BCUT2D eigenvalue weighted by Crippen LogP contribution is 2.35. The van der Waals surface area contributed by atoms with Crippen molar-refractivity contribution in [3.05, 3.63) is 90.0 Å². The zero-order chi connectivity index (χ0) is 22.4. The van der Waals surface area contributed by atoms with Crippen molar-refractivity contribution < 1.29 is 14.4 Å². The zero-order valence-electron chi connectivity index (χ0n) is 17.2. The fraction of sp³-hybridized carbons (Fsp3) is 0.217. The maximum absolute atomic E-state index is 10.8. The van der Waals surface area contributed by atoms with Gasteiger partial charge >= 0.3 is 0 Å². The summed E-state index contributed by atoms with van der Waals surface area (Å²) < 4.78 is 12.8. The fourth-order valence-corrected chi connectivity index (χ4v) is 3.90. The third kappa shape index (κ3) is 6.24. The fourth-order valence-electron chi connectivity index (χ4n) is 2.90. The molecule has 0 radical (unpaired) electrons. The average Bonchev–Trinajstić information content (AvgIpc) is 2.74. The Hall–Kier alpha value is -2.52. The molecule has 0 saturated carbocycles. The lowest BCUT2D eigenvalue weighted by Gasteiger charge is -2.16. The molecule has 1 N–H and O–H groups in total. The number of halogens is 2. The molecule has 0 spiro atoms. The van der Waals surface area contributed by atoms with Crippen LogP contribution in [0.1, 0.15) is 23.6 Å². The van der Waals surface area contributed by atoms with Crippen LogP contribution in [0.3, 0.4) is 0 Å². The number of hydrogen-bond donors (Lipinski definition) is 1. The first-order chi connectivity index (χ1) is 14.9. The lowest BCUT2D eigenvalue weighted by Crippen LogP contribution is -2.05. The van der Waals surface area contributed by atoms with E-state index >= 15 is 0 Å². The molecular formula is C23H22ClIN2O4. The van der Waals surface area contributed by atoms with Gasteiger partial charge in [-0.3, -0.25) is 10.1 Å². The quantitative estimate of drug-likeness (QED) is 0.181. The average molecular weight is 553 g/mol. The van der Waals surface area contributed by atoms with E-state index in [1.165, 1.54) is 12.1 Å². The number of rotatable bonds is 9. The van der Waals surface area contributed by atoms with Gasteiger partial charge in [0.05, 0.1) is 15.1 Å². The number of aryl methyl sites for hydroxylation is 1. The van der Waals surface area contributed by atoms with Crippen LogP contribution in [0, 0.1) is 20.6 Å². The van der Waals surface area contributed by atoms with Crippen LogP contribution in [0.25, 0.3) is 0 Å². The smallest absolute Gasteiger partial charge is 0.269 e.